The van der Waals surface area contributed by atoms with Crippen molar-refractivity contribution < 1.29 is 28.9 Å². The number of anilines is 1. The summed E-state index contributed by atoms with van der Waals surface area (Å²) in [5.74, 6) is -2.53. The number of nitrogens with one attached hydrogen (secondary N) is 2. The molecule has 2 amide bonds. The van der Waals surface area contributed by atoms with E-state index in [0.717, 1.165) is 27.7 Å². The van der Waals surface area contributed by atoms with Gasteiger partial charge >= 0.3 is 0 Å². The normalized spacial score (nSPS) is 21.7. The third-order valence-corrected chi connectivity index (χ3v) is 9.16. The number of thioether (sulfide) groups is 1. The van der Waals surface area contributed by atoms with Crippen LogP contribution in [0.5, 0.6) is 0 Å². The molecule has 6 rings (SSSR count). The van der Waals surface area contributed by atoms with Crippen LogP contribution in [0.3, 0.4) is 0 Å². The van der Waals surface area contributed by atoms with Gasteiger partial charge in [-0.3, -0.25) is 14.5 Å². The highest BCUT2D eigenvalue weighted by Gasteiger charge is 2.53. The van der Waals surface area contributed by atoms with E-state index in [0.29, 0.717) is 22.9 Å². The number of hydrogen-bond donors (Lipinski definition) is 3. The van der Waals surface area contributed by atoms with Crippen LogP contribution in [0.2, 0.25) is 0 Å². The average molecular weight is 628 g/mol. The van der Waals surface area contributed by atoms with Crippen LogP contribution in [-0.2, 0) is 25.8 Å². The molecule has 3 aromatic rings. The van der Waals surface area contributed by atoms with Gasteiger partial charge in [-0.2, -0.15) is 14.6 Å². The number of oxime groups is 1. The lowest BCUT2D eigenvalue weighted by molar-refractivity contribution is -0.689. The molecule has 19 heteroatoms. The van der Waals surface area contributed by atoms with Crippen LogP contribution in [-0.4, -0.2) is 81.6 Å². The highest BCUT2D eigenvalue weighted by atomic mass is 32.2. The fourth-order valence-electron chi connectivity index (χ4n) is 4.47. The molecule has 216 valence electrons. The van der Waals surface area contributed by atoms with Gasteiger partial charge in [-0.05, 0) is 35.9 Å². The molecular weight excluding hydrogens is 607 g/mol. The standard InChI is InChI=1S/C23H21N11O5S3/c24-22-26-17(30-42-22)14(29-39-12-3-1-2-4-12)18(35)25-15-19(36)34-16(21(37)38)11(10-40-20(15)34)9-33-7-5-13(6-8-33)41-23-27-31-32-28-23/h1,3,5-8,12,15,20H,2,4,9-10H2,(H4-,24,25,26,27,28,30,31,32,35,37,38)/t12?,15?,20-/m0/s1. The quantitative estimate of drug-likeness (QED) is 0.0776. The first-order valence-electron chi connectivity index (χ1n) is 12.5. The second-order valence-corrected chi connectivity index (χ2v) is 12.1. The Kier molecular flexibility index (Phi) is 7.85. The minimum absolute atomic E-state index is 0.0340. The van der Waals surface area contributed by atoms with Crippen molar-refractivity contribution in [2.45, 2.75) is 47.0 Å². The largest absolute Gasteiger partial charge is 0.543 e. The molecule has 0 bridgehead atoms. The molecule has 3 aliphatic rings. The van der Waals surface area contributed by atoms with Gasteiger partial charge in [0.25, 0.3) is 11.8 Å². The van der Waals surface area contributed by atoms with Gasteiger partial charge in [0.15, 0.2) is 24.1 Å². The minimum atomic E-state index is -1.47. The molecule has 42 heavy (non-hydrogen) atoms. The van der Waals surface area contributed by atoms with Gasteiger partial charge in [0.1, 0.15) is 17.5 Å². The molecule has 3 aromatic heterocycles. The summed E-state index contributed by atoms with van der Waals surface area (Å²) in [7, 11) is 0. The highest BCUT2D eigenvalue weighted by Crippen LogP contribution is 2.40. The maximum atomic E-state index is 13.2. The van der Waals surface area contributed by atoms with Crippen LogP contribution in [0.25, 0.3) is 0 Å². The van der Waals surface area contributed by atoms with E-state index in [2.05, 4.69) is 40.5 Å². The molecule has 2 unspecified atom stereocenters. The van der Waals surface area contributed by atoms with E-state index in [1.807, 2.05) is 24.3 Å². The molecule has 0 saturated carbocycles. The van der Waals surface area contributed by atoms with Crippen molar-refractivity contribution in [1.29, 1.82) is 0 Å². The number of aromatic nitrogens is 7. The predicted molar refractivity (Wildman–Crippen MR) is 146 cm³/mol. The first-order chi connectivity index (χ1) is 20.4. The number of nitrogens with zero attached hydrogens (tertiary/aromatic N) is 8. The Labute approximate surface area is 249 Å². The Morgan fingerprint density at radius 3 is 2.86 bits per heavy atom. The SMILES string of the molecule is Nc1nc(C(=NOC2C=CCC2)C(=O)NC2C(=O)N3C(C(=O)[O-])=C(C[n+]4ccc(Sc5nn[nH]n5)cc4)CS[C@@H]23)ns1. The number of hydrogen-bond acceptors (Lipinski definition) is 15. The molecule has 0 aromatic carbocycles. The summed E-state index contributed by atoms with van der Waals surface area (Å²) >= 11 is 3.53. The second kappa shape index (κ2) is 11.9. The number of β-lactam (4-membered cyclic amide) rings is 1. The number of nitrogens with two attached hydrogens (primary N) is 1. The van der Waals surface area contributed by atoms with E-state index in [9.17, 15) is 19.5 Å². The maximum absolute atomic E-state index is 13.2. The number of aromatic amines is 1. The van der Waals surface area contributed by atoms with Crippen molar-refractivity contribution in [1.82, 2.24) is 40.2 Å². The van der Waals surface area contributed by atoms with E-state index in [1.54, 1.807) is 17.0 Å². The number of carbonyl (C=O) groups excluding carboxylic acids is 3. The number of tetrazole rings is 1. The van der Waals surface area contributed by atoms with Crippen LogP contribution >= 0.6 is 35.1 Å². The van der Waals surface area contributed by atoms with Gasteiger partial charge in [-0.25, -0.2) is 4.57 Å². The summed E-state index contributed by atoms with van der Waals surface area (Å²) in [4.78, 5) is 50.1. The Hall–Kier alpha value is -4.36. The molecule has 0 spiro atoms. The molecule has 1 fully saturated rings. The van der Waals surface area contributed by atoms with Gasteiger partial charge in [0.05, 0.1) is 11.7 Å². The number of carbonyl (C=O) groups is 3. The molecule has 3 atom stereocenters. The number of fused-ring (bicyclic) bond motifs is 1. The fourth-order valence-corrected chi connectivity index (χ4v) is 6.88. The summed E-state index contributed by atoms with van der Waals surface area (Å²) in [6.07, 6.45) is 8.58. The number of carboxylic acids is 1. The number of amides is 2. The second-order valence-electron chi connectivity index (χ2n) is 9.15. The first-order valence-corrected chi connectivity index (χ1v) is 15.1. The molecule has 16 nitrogen and oxygen atoms in total. The number of rotatable bonds is 10. The third-order valence-electron chi connectivity index (χ3n) is 6.41. The molecule has 4 N–H and O–H groups in total. The number of allylic oxidation sites excluding steroid dienone is 1. The van der Waals surface area contributed by atoms with Crippen molar-refractivity contribution in [3.8, 4) is 0 Å². The predicted octanol–water partition coefficient (Wildman–Crippen LogP) is -1.38. The van der Waals surface area contributed by atoms with Crippen LogP contribution in [0.15, 0.2) is 63.2 Å². The summed E-state index contributed by atoms with van der Waals surface area (Å²) in [6, 6.07) is 2.66. The van der Waals surface area contributed by atoms with Gasteiger partial charge in [-0.1, -0.05) is 11.2 Å². The van der Waals surface area contributed by atoms with Crippen LogP contribution in [0.4, 0.5) is 5.13 Å². The summed E-state index contributed by atoms with van der Waals surface area (Å²) < 4.78 is 5.84. The van der Waals surface area contributed by atoms with E-state index < -0.39 is 29.2 Å². The van der Waals surface area contributed by atoms with Crippen LogP contribution in [0, 0.1) is 0 Å². The van der Waals surface area contributed by atoms with Crippen molar-refractivity contribution in [3.05, 3.63) is 53.8 Å². The van der Waals surface area contributed by atoms with Gasteiger partial charge in [0.2, 0.25) is 16.7 Å². The zero-order valence-electron chi connectivity index (χ0n) is 21.4. The molecule has 1 saturated heterocycles. The van der Waals surface area contributed by atoms with Crippen molar-refractivity contribution in [2.75, 3.05) is 11.5 Å². The molecule has 5 heterocycles. The van der Waals surface area contributed by atoms with E-state index in [-0.39, 0.29) is 35.0 Å². The summed E-state index contributed by atoms with van der Waals surface area (Å²) in [5, 5.41) is 32.5. The van der Waals surface area contributed by atoms with Crippen molar-refractivity contribution in [2.24, 2.45) is 5.16 Å². The van der Waals surface area contributed by atoms with Gasteiger partial charge in [0, 0.05) is 39.9 Å². The number of nitrogen functional groups attached to an aromatic ring is 1. The zero-order valence-corrected chi connectivity index (χ0v) is 23.9. The van der Waals surface area contributed by atoms with E-state index >= 15 is 0 Å². The number of aliphatic carboxylic acids is 1. The lowest BCUT2D eigenvalue weighted by Crippen LogP contribution is -2.71. The van der Waals surface area contributed by atoms with E-state index in [4.69, 9.17) is 10.6 Å². The topological polar surface area (TPSA) is 221 Å². The number of pyridine rings is 1. The Balaban J connectivity index is 1.16. The number of carboxylic acid groups (broad SMARTS) is 1. The monoisotopic (exact) mass is 627 g/mol. The molecule has 2 aliphatic heterocycles. The van der Waals surface area contributed by atoms with E-state index in [1.165, 1.54) is 23.5 Å². The van der Waals surface area contributed by atoms with Gasteiger partial charge < -0.3 is 25.8 Å². The number of H-pyrrole nitrogens is 1. The average Bonchev–Trinajstić information content (AvgIpc) is 3.77. The highest BCUT2D eigenvalue weighted by molar-refractivity contribution is 8.00. The lowest BCUT2D eigenvalue weighted by Gasteiger charge is -2.50. The molecule has 0 radical (unpaired) electrons. The first kappa shape index (κ1) is 27.8. The zero-order chi connectivity index (χ0) is 29.2. The third kappa shape index (κ3) is 5.70. The molecular formula is C23H21N11O5S3. The molecule has 1 aliphatic carbocycles. The Morgan fingerprint density at radius 1 is 1.36 bits per heavy atom. The van der Waals surface area contributed by atoms with Crippen LogP contribution in [0.1, 0.15) is 18.7 Å². The fraction of sp³-hybridized carbons (Fsp3) is 0.304. The summed E-state index contributed by atoms with van der Waals surface area (Å²) in [5.41, 5.74) is 5.76. The summed E-state index contributed by atoms with van der Waals surface area (Å²) in [6.45, 7) is 0.220. The minimum Gasteiger partial charge on any atom is -0.543 e. The van der Waals surface area contributed by atoms with Gasteiger partial charge in [-0.15, -0.1) is 22.0 Å². The lowest BCUT2D eigenvalue weighted by atomic mass is 10.0. The Morgan fingerprint density at radius 2 is 2.19 bits per heavy atom. The maximum Gasteiger partial charge on any atom is 0.278 e. The van der Waals surface area contributed by atoms with Crippen molar-refractivity contribution in [3.63, 3.8) is 0 Å². The smallest absolute Gasteiger partial charge is 0.278 e. The van der Waals surface area contributed by atoms with Crippen molar-refractivity contribution >= 4 is 63.7 Å². The van der Waals surface area contributed by atoms with Crippen LogP contribution < -0.4 is 20.7 Å². The Bertz CT molecular complexity index is 1610.